The Hall–Kier alpha value is -1.86. The molecule has 6 nitrogen and oxygen atoms in total. The Morgan fingerprint density at radius 3 is 2.78 bits per heavy atom. The summed E-state index contributed by atoms with van der Waals surface area (Å²) in [6.07, 6.45) is 2.58. The molecule has 7 heteroatoms. The zero-order chi connectivity index (χ0) is 19.1. The maximum absolute atomic E-state index is 5.40. The van der Waals surface area contributed by atoms with Crippen LogP contribution in [0.25, 0.3) is 0 Å². The third-order valence-corrected chi connectivity index (χ3v) is 5.80. The molecule has 2 aromatic rings. The van der Waals surface area contributed by atoms with E-state index in [1.165, 1.54) is 30.8 Å². The van der Waals surface area contributed by atoms with Gasteiger partial charge in [0.1, 0.15) is 6.54 Å². The third kappa shape index (κ3) is 5.56. The molecule has 1 atom stereocenters. The molecule has 2 aromatic heterocycles. The van der Waals surface area contributed by atoms with Gasteiger partial charge in [-0.25, -0.2) is 4.99 Å². The van der Waals surface area contributed by atoms with Crippen LogP contribution in [0, 0.1) is 0 Å². The van der Waals surface area contributed by atoms with Gasteiger partial charge < -0.3 is 15.2 Å². The maximum Gasteiger partial charge on any atom is 0.191 e. The van der Waals surface area contributed by atoms with E-state index in [1.807, 2.05) is 17.4 Å². The molecule has 0 radical (unpaired) electrons. The van der Waals surface area contributed by atoms with Crippen molar-refractivity contribution in [3.8, 4) is 0 Å². The highest BCUT2D eigenvalue weighted by Crippen LogP contribution is 2.27. The van der Waals surface area contributed by atoms with Crippen molar-refractivity contribution >= 4 is 17.3 Å². The number of aliphatic imine (C=N–C) groups is 1. The zero-order valence-corrected chi connectivity index (χ0v) is 17.4. The fourth-order valence-electron chi connectivity index (χ4n) is 3.31. The van der Waals surface area contributed by atoms with Crippen LogP contribution in [-0.4, -0.2) is 42.2 Å². The Morgan fingerprint density at radius 1 is 1.33 bits per heavy atom. The van der Waals surface area contributed by atoms with Gasteiger partial charge in [0, 0.05) is 24.0 Å². The van der Waals surface area contributed by atoms with E-state index in [0.29, 0.717) is 18.5 Å². The van der Waals surface area contributed by atoms with Crippen LogP contribution in [-0.2, 0) is 6.54 Å². The maximum atomic E-state index is 5.40. The first-order chi connectivity index (χ1) is 13.2. The molecule has 0 bridgehead atoms. The molecule has 0 spiro atoms. The lowest BCUT2D eigenvalue weighted by molar-refractivity contribution is 0.249. The number of rotatable bonds is 8. The van der Waals surface area contributed by atoms with Crippen LogP contribution in [0.2, 0.25) is 0 Å². The van der Waals surface area contributed by atoms with E-state index in [-0.39, 0.29) is 0 Å². The molecule has 3 heterocycles. The van der Waals surface area contributed by atoms with Crippen molar-refractivity contribution in [2.75, 3.05) is 26.2 Å². The van der Waals surface area contributed by atoms with Crippen molar-refractivity contribution in [1.82, 2.24) is 20.7 Å². The summed E-state index contributed by atoms with van der Waals surface area (Å²) in [5.41, 5.74) is 0.977. The second kappa shape index (κ2) is 9.90. The van der Waals surface area contributed by atoms with Gasteiger partial charge in [-0.1, -0.05) is 25.1 Å². The highest BCUT2D eigenvalue weighted by molar-refractivity contribution is 7.10. The molecule has 1 fully saturated rings. The van der Waals surface area contributed by atoms with E-state index in [0.717, 1.165) is 30.5 Å². The van der Waals surface area contributed by atoms with Gasteiger partial charge in [-0.2, -0.15) is 0 Å². The van der Waals surface area contributed by atoms with Crippen LogP contribution < -0.4 is 10.6 Å². The minimum atomic E-state index is 0.366. The van der Waals surface area contributed by atoms with Crippen LogP contribution in [0.3, 0.4) is 0 Å². The molecule has 148 valence electrons. The largest absolute Gasteiger partial charge is 0.359 e. The minimum Gasteiger partial charge on any atom is -0.359 e. The third-order valence-electron chi connectivity index (χ3n) is 4.82. The number of nitrogens with one attached hydrogen (secondary N) is 2. The van der Waals surface area contributed by atoms with E-state index in [2.05, 4.69) is 64.0 Å². The van der Waals surface area contributed by atoms with Gasteiger partial charge in [-0.05, 0) is 50.2 Å². The molecule has 27 heavy (non-hydrogen) atoms. The first kappa shape index (κ1) is 19.9. The summed E-state index contributed by atoms with van der Waals surface area (Å²) in [6.45, 7) is 10.8. The first-order valence-electron chi connectivity index (χ1n) is 9.92. The average Bonchev–Trinajstić information content (AvgIpc) is 3.42. The predicted molar refractivity (Wildman–Crippen MR) is 111 cm³/mol. The predicted octanol–water partition coefficient (Wildman–Crippen LogP) is 3.75. The number of hydrogen-bond donors (Lipinski definition) is 2. The molecule has 0 aliphatic carbocycles. The fraction of sp³-hybridized carbons (Fsp3) is 0.600. The van der Waals surface area contributed by atoms with Crippen molar-refractivity contribution in [3.05, 3.63) is 39.9 Å². The summed E-state index contributed by atoms with van der Waals surface area (Å²) in [7, 11) is 0. The monoisotopic (exact) mass is 389 g/mol. The average molecular weight is 390 g/mol. The van der Waals surface area contributed by atoms with E-state index in [1.54, 1.807) is 0 Å². The van der Waals surface area contributed by atoms with Gasteiger partial charge in [0.15, 0.2) is 11.7 Å². The van der Waals surface area contributed by atoms with E-state index in [4.69, 9.17) is 4.52 Å². The molecular weight excluding hydrogens is 358 g/mol. The highest BCUT2D eigenvalue weighted by Gasteiger charge is 2.24. The Bertz CT molecular complexity index is 704. The molecule has 0 amide bonds. The number of aromatic nitrogens is 1. The molecule has 0 aromatic carbocycles. The van der Waals surface area contributed by atoms with E-state index >= 15 is 0 Å². The molecule has 2 N–H and O–H groups in total. The Balaban J connectivity index is 1.63. The molecule has 1 unspecified atom stereocenters. The number of likely N-dealkylation sites (tertiary alicyclic amines) is 1. The molecule has 0 saturated carbocycles. The number of guanidine groups is 1. The Labute approximate surface area is 166 Å². The van der Waals surface area contributed by atoms with Crippen molar-refractivity contribution in [1.29, 1.82) is 0 Å². The van der Waals surface area contributed by atoms with Crippen LogP contribution in [0.1, 0.15) is 61.9 Å². The minimum absolute atomic E-state index is 0.366. The number of hydrogen-bond acceptors (Lipinski definition) is 5. The molecule has 1 aliphatic heterocycles. The quantitative estimate of drug-likeness (QED) is 0.532. The topological polar surface area (TPSA) is 65.7 Å². The van der Waals surface area contributed by atoms with Crippen LogP contribution in [0.5, 0.6) is 0 Å². The summed E-state index contributed by atoms with van der Waals surface area (Å²) in [6, 6.07) is 6.77. The van der Waals surface area contributed by atoms with Crippen molar-refractivity contribution < 1.29 is 4.52 Å². The van der Waals surface area contributed by atoms with Crippen LogP contribution in [0.4, 0.5) is 0 Å². The SMILES string of the molecule is CCNC(=NCc1cc(C(C)C)no1)NCC(c1cccs1)N1CCCC1. The standard InChI is InChI=1S/C20H31N5OS/c1-4-21-20(22-13-16-12-17(15(2)3)24-26-16)23-14-18(19-8-7-11-27-19)25-9-5-6-10-25/h7-8,11-12,15,18H,4-6,9-10,13-14H2,1-3H3,(H2,21,22,23). The van der Waals surface area contributed by atoms with Crippen LogP contribution in [0.15, 0.2) is 33.1 Å². The van der Waals surface area contributed by atoms with Gasteiger partial charge in [0.2, 0.25) is 0 Å². The van der Waals surface area contributed by atoms with Crippen LogP contribution >= 0.6 is 11.3 Å². The smallest absolute Gasteiger partial charge is 0.191 e. The van der Waals surface area contributed by atoms with Crippen molar-refractivity contribution in [3.63, 3.8) is 0 Å². The van der Waals surface area contributed by atoms with Crippen molar-refractivity contribution in [2.45, 2.75) is 52.1 Å². The van der Waals surface area contributed by atoms with E-state index in [9.17, 15) is 0 Å². The summed E-state index contributed by atoms with van der Waals surface area (Å²) in [5, 5.41) is 13.1. The fourth-order valence-corrected chi connectivity index (χ4v) is 4.17. The lowest BCUT2D eigenvalue weighted by atomic mass is 10.1. The van der Waals surface area contributed by atoms with Gasteiger partial charge in [0.05, 0.1) is 11.7 Å². The highest BCUT2D eigenvalue weighted by atomic mass is 32.1. The van der Waals surface area contributed by atoms with Gasteiger partial charge >= 0.3 is 0 Å². The molecule has 3 rings (SSSR count). The zero-order valence-electron chi connectivity index (χ0n) is 16.6. The number of thiophene rings is 1. The summed E-state index contributed by atoms with van der Waals surface area (Å²) in [5.74, 6) is 1.98. The van der Waals surface area contributed by atoms with Gasteiger partial charge in [0.25, 0.3) is 0 Å². The Morgan fingerprint density at radius 2 is 2.15 bits per heavy atom. The normalized spacial score (nSPS) is 16.8. The summed E-state index contributed by atoms with van der Waals surface area (Å²) in [4.78, 5) is 8.67. The van der Waals surface area contributed by atoms with Crippen molar-refractivity contribution in [2.24, 2.45) is 4.99 Å². The summed E-state index contributed by atoms with van der Waals surface area (Å²) >= 11 is 1.83. The molecule has 1 saturated heterocycles. The molecule has 1 aliphatic rings. The van der Waals surface area contributed by atoms with Gasteiger partial charge in [-0.15, -0.1) is 11.3 Å². The lowest BCUT2D eigenvalue weighted by Gasteiger charge is -2.27. The van der Waals surface area contributed by atoms with E-state index < -0.39 is 0 Å². The second-order valence-corrected chi connectivity index (χ2v) is 8.20. The second-order valence-electron chi connectivity index (χ2n) is 7.22. The first-order valence-corrected chi connectivity index (χ1v) is 10.8. The Kier molecular flexibility index (Phi) is 7.29. The lowest BCUT2D eigenvalue weighted by Crippen LogP contribution is -2.42. The molecular formula is C20H31N5OS. The summed E-state index contributed by atoms with van der Waals surface area (Å²) < 4.78 is 5.40. The number of nitrogens with zero attached hydrogens (tertiary/aromatic N) is 3. The van der Waals surface area contributed by atoms with Gasteiger partial charge in [-0.3, -0.25) is 4.90 Å².